The zero-order valence-electron chi connectivity index (χ0n) is 21.9. The van der Waals surface area contributed by atoms with Crippen LogP contribution in [-0.4, -0.2) is 19.9 Å². The van der Waals surface area contributed by atoms with E-state index in [4.69, 9.17) is 24.4 Å². The van der Waals surface area contributed by atoms with Gasteiger partial charge in [-0.25, -0.2) is 19.9 Å². The summed E-state index contributed by atoms with van der Waals surface area (Å²) in [6.07, 6.45) is 0. The van der Waals surface area contributed by atoms with E-state index in [1.165, 1.54) is 0 Å². The normalized spacial score (nSPS) is 11.4. The summed E-state index contributed by atoms with van der Waals surface area (Å²) in [6.45, 7) is 0. The monoisotopic (exact) mass is 526 g/mol. The number of benzene rings is 5. The van der Waals surface area contributed by atoms with Crippen LogP contribution in [0.2, 0.25) is 0 Å². The zero-order chi connectivity index (χ0) is 27.2. The predicted octanol–water partition coefficient (Wildman–Crippen LogP) is 8.99. The molecule has 0 atom stereocenters. The molecular weight excluding hydrogens is 504 g/mol. The molecule has 0 aliphatic rings. The summed E-state index contributed by atoms with van der Waals surface area (Å²) in [5, 5.41) is 3.20. The van der Waals surface area contributed by atoms with Crippen molar-refractivity contribution in [2.45, 2.75) is 0 Å². The Labute approximate surface area is 235 Å². The lowest BCUT2D eigenvalue weighted by atomic mass is 10.0. The first-order valence-electron chi connectivity index (χ1n) is 13.5. The first-order chi connectivity index (χ1) is 20.3. The highest BCUT2D eigenvalue weighted by Gasteiger charge is 2.14. The molecule has 0 N–H and O–H groups in total. The van der Waals surface area contributed by atoms with Crippen molar-refractivity contribution in [2.75, 3.05) is 0 Å². The average molecular weight is 527 g/mol. The van der Waals surface area contributed by atoms with Gasteiger partial charge < -0.3 is 4.42 Å². The van der Waals surface area contributed by atoms with Crippen LogP contribution in [0.25, 0.3) is 78.3 Å². The molecule has 0 aliphatic carbocycles. The number of pyridine rings is 1. The van der Waals surface area contributed by atoms with Crippen molar-refractivity contribution >= 4 is 32.8 Å². The van der Waals surface area contributed by atoms with Crippen LogP contribution in [0.15, 0.2) is 138 Å². The van der Waals surface area contributed by atoms with Crippen molar-refractivity contribution in [3.05, 3.63) is 133 Å². The van der Waals surface area contributed by atoms with Crippen LogP contribution in [0.3, 0.4) is 0 Å². The van der Waals surface area contributed by atoms with E-state index in [9.17, 15) is 0 Å². The first-order valence-corrected chi connectivity index (χ1v) is 13.5. The van der Waals surface area contributed by atoms with Gasteiger partial charge in [0, 0.05) is 33.0 Å². The van der Waals surface area contributed by atoms with Gasteiger partial charge in [0.1, 0.15) is 11.2 Å². The highest BCUT2D eigenvalue weighted by atomic mass is 16.3. The SMILES string of the molecule is c1ccc(-c2nc(-c3ccccc3)nc(-c3ccc(-c4ccc5ccc6oc7ccccc7c6c5n4)cc3)n2)cc1. The van der Waals surface area contributed by atoms with Gasteiger partial charge in [-0.05, 0) is 24.3 Å². The van der Waals surface area contributed by atoms with Gasteiger partial charge in [0.05, 0.1) is 16.6 Å². The number of para-hydroxylation sites is 1. The van der Waals surface area contributed by atoms with Crippen molar-refractivity contribution in [3.8, 4) is 45.4 Å². The number of hydrogen-bond acceptors (Lipinski definition) is 5. The summed E-state index contributed by atoms with van der Waals surface area (Å²) in [5.41, 5.74) is 7.37. The van der Waals surface area contributed by atoms with Crippen LogP contribution in [0, 0.1) is 0 Å². The van der Waals surface area contributed by atoms with Crippen molar-refractivity contribution < 1.29 is 4.42 Å². The second-order valence-corrected chi connectivity index (χ2v) is 9.92. The number of rotatable bonds is 4. The number of furan rings is 1. The van der Waals surface area contributed by atoms with E-state index < -0.39 is 0 Å². The fourth-order valence-electron chi connectivity index (χ4n) is 5.28. The third-order valence-corrected chi connectivity index (χ3v) is 7.34. The molecule has 8 rings (SSSR count). The van der Waals surface area contributed by atoms with Crippen LogP contribution in [0.1, 0.15) is 0 Å². The van der Waals surface area contributed by atoms with Crippen LogP contribution < -0.4 is 0 Å². The molecular formula is C36H22N4O. The molecule has 3 aromatic heterocycles. The van der Waals surface area contributed by atoms with Crippen LogP contribution in [0.5, 0.6) is 0 Å². The summed E-state index contributed by atoms with van der Waals surface area (Å²) in [7, 11) is 0. The minimum atomic E-state index is 0.627. The van der Waals surface area contributed by atoms with Gasteiger partial charge in [0.2, 0.25) is 0 Å². The second kappa shape index (κ2) is 9.50. The number of fused-ring (bicyclic) bond motifs is 5. The molecule has 41 heavy (non-hydrogen) atoms. The lowest BCUT2D eigenvalue weighted by Gasteiger charge is -2.09. The van der Waals surface area contributed by atoms with Crippen LogP contribution >= 0.6 is 0 Å². The van der Waals surface area contributed by atoms with Gasteiger partial charge in [-0.15, -0.1) is 0 Å². The molecule has 0 unspecified atom stereocenters. The molecule has 0 bridgehead atoms. The van der Waals surface area contributed by atoms with E-state index in [0.717, 1.165) is 60.8 Å². The smallest absolute Gasteiger partial charge is 0.164 e. The lowest BCUT2D eigenvalue weighted by molar-refractivity contribution is 0.669. The number of aromatic nitrogens is 4. The third-order valence-electron chi connectivity index (χ3n) is 7.34. The maximum atomic E-state index is 6.09. The Morgan fingerprint density at radius 3 is 1.59 bits per heavy atom. The number of nitrogens with zero attached hydrogens (tertiary/aromatic N) is 4. The van der Waals surface area contributed by atoms with E-state index in [-0.39, 0.29) is 0 Å². The molecule has 0 fully saturated rings. The van der Waals surface area contributed by atoms with Gasteiger partial charge in [0.25, 0.3) is 0 Å². The van der Waals surface area contributed by atoms with Gasteiger partial charge >= 0.3 is 0 Å². The van der Waals surface area contributed by atoms with E-state index >= 15 is 0 Å². The number of hydrogen-bond donors (Lipinski definition) is 0. The molecule has 0 spiro atoms. The van der Waals surface area contributed by atoms with Crippen molar-refractivity contribution in [3.63, 3.8) is 0 Å². The van der Waals surface area contributed by atoms with Crippen molar-refractivity contribution in [1.29, 1.82) is 0 Å². The van der Waals surface area contributed by atoms with Gasteiger partial charge in [-0.2, -0.15) is 0 Å². The second-order valence-electron chi connectivity index (χ2n) is 9.92. The average Bonchev–Trinajstić information content (AvgIpc) is 3.45. The third kappa shape index (κ3) is 4.12. The van der Waals surface area contributed by atoms with Gasteiger partial charge in [-0.3, -0.25) is 0 Å². The molecule has 8 aromatic rings. The van der Waals surface area contributed by atoms with E-state index in [0.29, 0.717) is 17.5 Å². The summed E-state index contributed by atoms with van der Waals surface area (Å²) in [5.74, 6) is 1.92. The van der Waals surface area contributed by atoms with Crippen LogP contribution in [0.4, 0.5) is 0 Å². The van der Waals surface area contributed by atoms with Gasteiger partial charge in [-0.1, -0.05) is 109 Å². The molecule has 0 saturated heterocycles. The quantitative estimate of drug-likeness (QED) is 0.229. The molecule has 5 nitrogen and oxygen atoms in total. The summed E-state index contributed by atoms with van der Waals surface area (Å²) >= 11 is 0. The Hall–Kier alpha value is -5.68. The summed E-state index contributed by atoms with van der Waals surface area (Å²) in [4.78, 5) is 19.6. The maximum Gasteiger partial charge on any atom is 0.164 e. The lowest BCUT2D eigenvalue weighted by Crippen LogP contribution is -2.00. The predicted molar refractivity (Wildman–Crippen MR) is 164 cm³/mol. The van der Waals surface area contributed by atoms with Crippen molar-refractivity contribution in [1.82, 2.24) is 19.9 Å². The molecule has 5 heteroatoms. The fraction of sp³-hybridized carbons (Fsp3) is 0. The maximum absolute atomic E-state index is 6.09. The Balaban J connectivity index is 1.22. The summed E-state index contributed by atoms with van der Waals surface area (Å²) < 4.78 is 6.09. The molecule has 0 radical (unpaired) electrons. The topological polar surface area (TPSA) is 64.7 Å². The Bertz CT molecular complexity index is 2130. The fourth-order valence-corrected chi connectivity index (χ4v) is 5.28. The molecule has 0 aliphatic heterocycles. The standard InChI is InChI=1S/C36H22N4O/c1-3-9-25(10-4-1)34-38-35(26-11-5-2-6-12-26)40-36(39-34)27-17-15-23(16-18-27)29-21-19-24-20-22-31-32(33(24)37-29)28-13-7-8-14-30(28)41-31/h1-22H. The molecule has 5 aromatic carbocycles. The molecule has 3 heterocycles. The zero-order valence-corrected chi connectivity index (χ0v) is 21.9. The minimum absolute atomic E-state index is 0.627. The van der Waals surface area contributed by atoms with Crippen LogP contribution in [-0.2, 0) is 0 Å². The van der Waals surface area contributed by atoms with Crippen molar-refractivity contribution in [2.24, 2.45) is 0 Å². The molecule has 192 valence electrons. The first kappa shape index (κ1) is 23.2. The van der Waals surface area contributed by atoms with E-state index in [1.807, 2.05) is 97.1 Å². The van der Waals surface area contributed by atoms with E-state index in [1.54, 1.807) is 0 Å². The highest BCUT2D eigenvalue weighted by molar-refractivity contribution is 6.17. The largest absolute Gasteiger partial charge is 0.456 e. The molecule has 0 saturated carbocycles. The Kier molecular flexibility index (Phi) is 5.38. The molecule has 0 amide bonds. The highest BCUT2D eigenvalue weighted by Crippen LogP contribution is 2.35. The van der Waals surface area contributed by atoms with E-state index in [2.05, 4.69) is 36.4 Å². The van der Waals surface area contributed by atoms with Gasteiger partial charge in [0.15, 0.2) is 17.5 Å². The minimum Gasteiger partial charge on any atom is -0.456 e. The Morgan fingerprint density at radius 1 is 0.390 bits per heavy atom. The summed E-state index contributed by atoms with van der Waals surface area (Å²) in [6, 6.07) is 44.7. The Morgan fingerprint density at radius 2 is 0.927 bits per heavy atom.